The molecule has 4 nitrogen and oxygen atoms in total. The Balaban J connectivity index is 1.81. The molecule has 0 radical (unpaired) electrons. The van der Waals surface area contributed by atoms with Gasteiger partial charge in [0, 0.05) is 11.4 Å². The summed E-state index contributed by atoms with van der Waals surface area (Å²) in [5, 5.41) is 3.51. The van der Waals surface area contributed by atoms with E-state index in [0.29, 0.717) is 27.2 Å². The molecule has 0 saturated carbocycles. The molecule has 0 aliphatic carbocycles. The van der Waals surface area contributed by atoms with Gasteiger partial charge in [-0.05, 0) is 36.4 Å². The van der Waals surface area contributed by atoms with Gasteiger partial charge in [0.15, 0.2) is 0 Å². The van der Waals surface area contributed by atoms with Crippen LogP contribution in [0.4, 0.5) is 11.4 Å². The minimum absolute atomic E-state index is 0.155. The molecular formula is C15H14Cl2N2O2. The maximum absolute atomic E-state index is 11.8. The van der Waals surface area contributed by atoms with Crippen LogP contribution in [0, 0.1) is 0 Å². The van der Waals surface area contributed by atoms with E-state index in [9.17, 15) is 4.79 Å². The summed E-state index contributed by atoms with van der Waals surface area (Å²) in [6.45, 7) is 0.209. The first kappa shape index (κ1) is 15.5. The van der Waals surface area contributed by atoms with Gasteiger partial charge >= 0.3 is 0 Å². The minimum Gasteiger partial charge on any atom is -0.491 e. The number of rotatable bonds is 5. The summed E-state index contributed by atoms with van der Waals surface area (Å²) in [4.78, 5) is 11.8. The highest BCUT2D eigenvalue weighted by atomic mass is 35.5. The Labute approximate surface area is 132 Å². The Bertz CT molecular complexity index is 630. The number of nitrogen functional groups attached to an aromatic ring is 1. The SMILES string of the molecule is Nc1ccc(NC(=O)CCOc2cccc(Cl)c2Cl)cc1. The Morgan fingerprint density at radius 1 is 1.14 bits per heavy atom. The summed E-state index contributed by atoms with van der Waals surface area (Å²) in [5.41, 5.74) is 6.91. The molecule has 110 valence electrons. The van der Waals surface area contributed by atoms with Crippen molar-refractivity contribution in [3.63, 3.8) is 0 Å². The number of hydrogen-bond donors (Lipinski definition) is 2. The fraction of sp³-hybridized carbons (Fsp3) is 0.133. The molecule has 2 aromatic carbocycles. The summed E-state index contributed by atoms with van der Waals surface area (Å²) in [5.74, 6) is 0.308. The van der Waals surface area contributed by atoms with Gasteiger partial charge in [-0.1, -0.05) is 29.3 Å². The molecule has 0 bridgehead atoms. The van der Waals surface area contributed by atoms with Crippen LogP contribution in [0.1, 0.15) is 6.42 Å². The van der Waals surface area contributed by atoms with E-state index in [1.54, 1.807) is 42.5 Å². The Morgan fingerprint density at radius 3 is 2.57 bits per heavy atom. The van der Waals surface area contributed by atoms with Gasteiger partial charge in [0.1, 0.15) is 10.8 Å². The van der Waals surface area contributed by atoms with Gasteiger partial charge in [0.25, 0.3) is 0 Å². The van der Waals surface area contributed by atoms with Crippen molar-refractivity contribution in [3.8, 4) is 5.75 Å². The second-order valence-electron chi connectivity index (χ2n) is 4.32. The number of halogens is 2. The lowest BCUT2D eigenvalue weighted by atomic mass is 10.3. The largest absolute Gasteiger partial charge is 0.491 e. The van der Waals surface area contributed by atoms with Gasteiger partial charge in [0.05, 0.1) is 18.1 Å². The molecule has 2 rings (SSSR count). The molecule has 6 heteroatoms. The Morgan fingerprint density at radius 2 is 1.86 bits per heavy atom. The van der Waals surface area contributed by atoms with Crippen molar-refractivity contribution in [3.05, 3.63) is 52.5 Å². The van der Waals surface area contributed by atoms with Crippen molar-refractivity contribution in [1.29, 1.82) is 0 Å². The summed E-state index contributed by atoms with van der Waals surface area (Å²) >= 11 is 11.9. The molecule has 0 spiro atoms. The van der Waals surface area contributed by atoms with Crippen LogP contribution < -0.4 is 15.8 Å². The molecular weight excluding hydrogens is 311 g/mol. The third-order valence-corrected chi connectivity index (χ3v) is 3.50. The maximum Gasteiger partial charge on any atom is 0.227 e. The third kappa shape index (κ3) is 4.55. The topological polar surface area (TPSA) is 64.3 Å². The van der Waals surface area contributed by atoms with Crippen molar-refractivity contribution < 1.29 is 9.53 Å². The second-order valence-corrected chi connectivity index (χ2v) is 5.11. The van der Waals surface area contributed by atoms with Crippen LogP contribution in [-0.2, 0) is 4.79 Å². The number of hydrogen-bond acceptors (Lipinski definition) is 3. The summed E-state index contributed by atoms with van der Waals surface area (Å²) in [7, 11) is 0. The van der Waals surface area contributed by atoms with Crippen LogP contribution in [-0.4, -0.2) is 12.5 Å². The van der Waals surface area contributed by atoms with E-state index in [-0.39, 0.29) is 18.9 Å². The average Bonchev–Trinajstić information content (AvgIpc) is 2.46. The first-order chi connectivity index (χ1) is 10.1. The summed E-state index contributed by atoms with van der Waals surface area (Å²) < 4.78 is 5.45. The van der Waals surface area contributed by atoms with Crippen LogP contribution >= 0.6 is 23.2 Å². The van der Waals surface area contributed by atoms with Gasteiger partial charge in [-0.15, -0.1) is 0 Å². The number of amides is 1. The highest BCUT2D eigenvalue weighted by Crippen LogP contribution is 2.31. The number of nitrogens with two attached hydrogens (primary N) is 1. The van der Waals surface area contributed by atoms with Crippen molar-refractivity contribution in [1.82, 2.24) is 0 Å². The Hall–Kier alpha value is -1.91. The number of ether oxygens (including phenoxy) is 1. The zero-order valence-corrected chi connectivity index (χ0v) is 12.6. The highest BCUT2D eigenvalue weighted by Gasteiger charge is 2.07. The molecule has 0 saturated heterocycles. The van der Waals surface area contributed by atoms with E-state index in [2.05, 4.69) is 5.32 Å². The van der Waals surface area contributed by atoms with E-state index in [1.807, 2.05) is 0 Å². The molecule has 0 fully saturated rings. The predicted octanol–water partition coefficient (Wildman–Crippen LogP) is 3.98. The molecule has 2 aromatic rings. The van der Waals surface area contributed by atoms with Crippen LogP contribution in [0.2, 0.25) is 10.0 Å². The zero-order chi connectivity index (χ0) is 15.2. The van der Waals surface area contributed by atoms with Crippen LogP contribution in [0.15, 0.2) is 42.5 Å². The Kier molecular flexibility index (Phi) is 5.31. The van der Waals surface area contributed by atoms with E-state index >= 15 is 0 Å². The normalized spacial score (nSPS) is 10.2. The smallest absolute Gasteiger partial charge is 0.227 e. The summed E-state index contributed by atoms with van der Waals surface area (Å²) in [6, 6.07) is 12.0. The quantitative estimate of drug-likeness (QED) is 0.817. The van der Waals surface area contributed by atoms with E-state index in [0.717, 1.165) is 0 Å². The molecule has 1 amide bonds. The molecule has 0 heterocycles. The van der Waals surface area contributed by atoms with Crippen molar-refractivity contribution in [2.45, 2.75) is 6.42 Å². The lowest BCUT2D eigenvalue weighted by Crippen LogP contribution is -2.15. The first-order valence-corrected chi connectivity index (χ1v) is 7.04. The average molecular weight is 325 g/mol. The molecule has 3 N–H and O–H groups in total. The van der Waals surface area contributed by atoms with Gasteiger partial charge in [-0.3, -0.25) is 4.79 Å². The molecule has 0 aliphatic rings. The predicted molar refractivity (Wildman–Crippen MR) is 86.1 cm³/mol. The monoisotopic (exact) mass is 324 g/mol. The summed E-state index contributed by atoms with van der Waals surface area (Å²) in [6.07, 6.45) is 0.202. The number of benzene rings is 2. The van der Waals surface area contributed by atoms with Crippen molar-refractivity contribution in [2.24, 2.45) is 0 Å². The standard InChI is InChI=1S/C15H14Cl2N2O2/c16-12-2-1-3-13(15(12)17)21-9-8-14(20)19-11-6-4-10(18)5-7-11/h1-7H,8-9,18H2,(H,19,20). The van der Waals surface area contributed by atoms with E-state index in [4.69, 9.17) is 33.7 Å². The molecule has 0 atom stereocenters. The molecule has 21 heavy (non-hydrogen) atoms. The number of carbonyl (C=O) groups excluding carboxylic acids is 1. The highest BCUT2D eigenvalue weighted by molar-refractivity contribution is 6.42. The zero-order valence-electron chi connectivity index (χ0n) is 11.1. The van der Waals surface area contributed by atoms with E-state index < -0.39 is 0 Å². The fourth-order valence-corrected chi connectivity index (χ4v) is 1.99. The molecule has 0 unspecified atom stereocenters. The van der Waals surface area contributed by atoms with E-state index in [1.165, 1.54) is 0 Å². The van der Waals surface area contributed by atoms with Crippen molar-refractivity contribution in [2.75, 3.05) is 17.7 Å². The van der Waals surface area contributed by atoms with Crippen LogP contribution in [0.25, 0.3) is 0 Å². The molecule has 0 aliphatic heterocycles. The lowest BCUT2D eigenvalue weighted by Gasteiger charge is -2.09. The van der Waals surface area contributed by atoms with Gasteiger partial charge in [-0.2, -0.15) is 0 Å². The third-order valence-electron chi connectivity index (χ3n) is 2.70. The molecule has 0 aromatic heterocycles. The minimum atomic E-state index is -0.155. The van der Waals surface area contributed by atoms with Gasteiger partial charge in [-0.25, -0.2) is 0 Å². The second kappa shape index (κ2) is 7.20. The van der Waals surface area contributed by atoms with Crippen molar-refractivity contribution >= 4 is 40.5 Å². The number of nitrogens with one attached hydrogen (secondary N) is 1. The fourth-order valence-electron chi connectivity index (χ4n) is 1.64. The van der Waals surface area contributed by atoms with Gasteiger partial charge in [0.2, 0.25) is 5.91 Å². The van der Waals surface area contributed by atoms with Gasteiger partial charge < -0.3 is 15.8 Å². The number of carbonyl (C=O) groups is 1. The first-order valence-electron chi connectivity index (χ1n) is 6.28. The maximum atomic E-state index is 11.8. The number of anilines is 2. The van der Waals surface area contributed by atoms with Crippen LogP contribution in [0.5, 0.6) is 5.75 Å². The lowest BCUT2D eigenvalue weighted by molar-refractivity contribution is -0.116. The van der Waals surface area contributed by atoms with Crippen LogP contribution in [0.3, 0.4) is 0 Å².